The molecule has 1 rings (SSSR count). The number of nitro benzene ring substituents is 1. The van der Waals surface area contributed by atoms with E-state index >= 15 is 0 Å². The van der Waals surface area contributed by atoms with Crippen LogP contribution in [0.15, 0.2) is 23.1 Å². The molecule has 7 nitrogen and oxygen atoms in total. The van der Waals surface area contributed by atoms with E-state index in [0.717, 1.165) is 18.2 Å². The van der Waals surface area contributed by atoms with E-state index in [9.17, 15) is 22.9 Å². The number of para-hydroxylation sites is 1. The molecule has 0 heterocycles. The highest BCUT2D eigenvalue weighted by Gasteiger charge is 2.28. The number of halogens is 1. The van der Waals surface area contributed by atoms with Gasteiger partial charge in [-0.05, 0) is 12.1 Å². The van der Waals surface area contributed by atoms with Gasteiger partial charge in [0.15, 0.2) is 4.90 Å². The minimum absolute atomic E-state index is 0.0498. The van der Waals surface area contributed by atoms with E-state index in [0.29, 0.717) is 6.54 Å². The highest BCUT2D eigenvalue weighted by molar-refractivity contribution is 7.89. The van der Waals surface area contributed by atoms with Crippen LogP contribution < -0.4 is 10.0 Å². The maximum absolute atomic E-state index is 13.4. The first-order valence-corrected chi connectivity index (χ1v) is 7.40. The number of nitro groups is 1. The Bertz CT molecular complexity index is 589. The second kappa shape index (κ2) is 6.73. The minimum Gasteiger partial charge on any atom is -0.313 e. The molecule has 0 aliphatic carbocycles. The van der Waals surface area contributed by atoms with Gasteiger partial charge in [-0.25, -0.2) is 13.1 Å². The molecule has 20 heavy (non-hydrogen) atoms. The van der Waals surface area contributed by atoms with Crippen LogP contribution in [-0.4, -0.2) is 32.5 Å². The van der Waals surface area contributed by atoms with Crippen LogP contribution in [-0.2, 0) is 10.0 Å². The summed E-state index contributed by atoms with van der Waals surface area (Å²) in [4.78, 5) is 9.05. The largest absolute Gasteiger partial charge is 0.324 e. The molecule has 0 aromatic heterocycles. The fraction of sp³-hybridized carbons (Fsp3) is 0.455. The number of benzene rings is 1. The third-order valence-electron chi connectivity index (χ3n) is 2.39. The zero-order chi connectivity index (χ0) is 15.3. The average Bonchev–Trinajstić information content (AvgIpc) is 2.33. The van der Waals surface area contributed by atoms with E-state index in [-0.39, 0.29) is 12.6 Å². The van der Waals surface area contributed by atoms with E-state index in [2.05, 4.69) is 10.0 Å². The van der Waals surface area contributed by atoms with Crippen molar-refractivity contribution in [2.45, 2.75) is 24.8 Å². The van der Waals surface area contributed by atoms with Gasteiger partial charge in [-0.1, -0.05) is 19.9 Å². The molecule has 0 atom stereocenters. The van der Waals surface area contributed by atoms with Crippen molar-refractivity contribution in [3.05, 3.63) is 34.1 Å². The molecule has 0 saturated carbocycles. The first-order valence-electron chi connectivity index (χ1n) is 5.91. The van der Waals surface area contributed by atoms with Crippen LogP contribution in [0.25, 0.3) is 0 Å². The van der Waals surface area contributed by atoms with E-state index in [4.69, 9.17) is 0 Å². The number of sulfonamides is 1. The monoisotopic (exact) mass is 305 g/mol. The highest BCUT2D eigenvalue weighted by Crippen LogP contribution is 2.26. The summed E-state index contributed by atoms with van der Waals surface area (Å²) >= 11 is 0. The molecule has 0 aliphatic rings. The second-order valence-corrected chi connectivity index (χ2v) is 6.09. The first-order chi connectivity index (χ1) is 9.25. The molecule has 0 radical (unpaired) electrons. The smallest absolute Gasteiger partial charge is 0.313 e. The minimum atomic E-state index is -4.13. The van der Waals surface area contributed by atoms with E-state index in [1.54, 1.807) is 0 Å². The number of hydrogen-bond donors (Lipinski definition) is 2. The lowest BCUT2D eigenvalue weighted by atomic mass is 10.3. The normalized spacial score (nSPS) is 11.8. The molecule has 1 aromatic rings. The Morgan fingerprint density at radius 3 is 2.55 bits per heavy atom. The van der Waals surface area contributed by atoms with Gasteiger partial charge in [-0.3, -0.25) is 10.1 Å². The Hall–Kier alpha value is -1.58. The zero-order valence-electron chi connectivity index (χ0n) is 11.1. The Labute approximate surface area is 116 Å². The summed E-state index contributed by atoms with van der Waals surface area (Å²) in [6, 6.07) is 3.14. The van der Waals surface area contributed by atoms with Crippen LogP contribution in [0.4, 0.5) is 10.1 Å². The molecule has 0 spiro atoms. The SMILES string of the molecule is CC(C)NCCNS(=O)(=O)c1cccc(F)c1[N+](=O)[O-]. The summed E-state index contributed by atoms with van der Waals surface area (Å²) in [6.07, 6.45) is 0. The van der Waals surface area contributed by atoms with Crippen molar-refractivity contribution in [2.75, 3.05) is 13.1 Å². The topological polar surface area (TPSA) is 101 Å². The van der Waals surface area contributed by atoms with Crippen LogP contribution in [0.1, 0.15) is 13.8 Å². The van der Waals surface area contributed by atoms with Gasteiger partial charge in [-0.2, -0.15) is 4.39 Å². The quantitative estimate of drug-likeness (QED) is 0.445. The number of hydrogen-bond acceptors (Lipinski definition) is 5. The van der Waals surface area contributed by atoms with Crippen molar-refractivity contribution >= 4 is 15.7 Å². The Kier molecular flexibility index (Phi) is 5.54. The van der Waals surface area contributed by atoms with Gasteiger partial charge in [0.25, 0.3) is 0 Å². The molecule has 0 aliphatic heterocycles. The van der Waals surface area contributed by atoms with Crippen molar-refractivity contribution in [3.63, 3.8) is 0 Å². The van der Waals surface area contributed by atoms with Gasteiger partial charge in [0.05, 0.1) is 4.92 Å². The summed E-state index contributed by atoms with van der Waals surface area (Å²) in [5, 5.41) is 13.8. The van der Waals surface area contributed by atoms with E-state index < -0.39 is 31.3 Å². The average molecular weight is 305 g/mol. The molecule has 2 N–H and O–H groups in total. The zero-order valence-corrected chi connectivity index (χ0v) is 11.9. The van der Waals surface area contributed by atoms with Gasteiger partial charge in [0, 0.05) is 19.1 Å². The Morgan fingerprint density at radius 1 is 1.35 bits per heavy atom. The van der Waals surface area contributed by atoms with Crippen LogP contribution >= 0.6 is 0 Å². The van der Waals surface area contributed by atoms with Crippen molar-refractivity contribution in [2.24, 2.45) is 0 Å². The molecular weight excluding hydrogens is 289 g/mol. The molecule has 0 bridgehead atoms. The van der Waals surface area contributed by atoms with Gasteiger partial charge in [0.2, 0.25) is 15.8 Å². The fourth-order valence-corrected chi connectivity index (χ4v) is 2.72. The Morgan fingerprint density at radius 2 is 2.00 bits per heavy atom. The van der Waals surface area contributed by atoms with Crippen LogP contribution in [0.2, 0.25) is 0 Å². The molecular formula is C11H16FN3O4S. The molecule has 0 unspecified atom stereocenters. The molecule has 112 valence electrons. The van der Waals surface area contributed by atoms with Crippen molar-refractivity contribution in [1.82, 2.24) is 10.0 Å². The number of nitrogens with zero attached hydrogens (tertiary/aromatic N) is 1. The lowest BCUT2D eigenvalue weighted by Gasteiger charge is -2.10. The molecule has 9 heteroatoms. The molecule has 0 amide bonds. The summed E-state index contributed by atoms with van der Waals surface area (Å²) < 4.78 is 39.5. The van der Waals surface area contributed by atoms with Crippen LogP contribution in [0.5, 0.6) is 0 Å². The lowest BCUT2D eigenvalue weighted by molar-refractivity contribution is -0.390. The molecule has 0 saturated heterocycles. The van der Waals surface area contributed by atoms with Crippen LogP contribution in [0.3, 0.4) is 0 Å². The predicted molar refractivity (Wildman–Crippen MR) is 71.4 cm³/mol. The Balaban J connectivity index is 2.93. The van der Waals surface area contributed by atoms with Crippen molar-refractivity contribution < 1.29 is 17.7 Å². The summed E-state index contributed by atoms with van der Waals surface area (Å²) in [7, 11) is -4.13. The summed E-state index contributed by atoms with van der Waals surface area (Å²) in [6.45, 7) is 4.20. The van der Waals surface area contributed by atoms with Gasteiger partial charge in [0.1, 0.15) is 0 Å². The maximum Gasteiger partial charge on any atom is 0.324 e. The van der Waals surface area contributed by atoms with Crippen LogP contribution in [0, 0.1) is 15.9 Å². The molecule has 0 fully saturated rings. The van der Waals surface area contributed by atoms with Crippen molar-refractivity contribution in [1.29, 1.82) is 0 Å². The molecule has 1 aromatic carbocycles. The standard InChI is InChI=1S/C11H16FN3O4S/c1-8(2)13-6-7-14-20(18,19)10-5-3-4-9(12)11(10)15(16)17/h3-5,8,13-14H,6-7H2,1-2H3. The van der Waals surface area contributed by atoms with E-state index in [1.165, 1.54) is 0 Å². The predicted octanol–water partition coefficient (Wildman–Crippen LogP) is 1.01. The maximum atomic E-state index is 13.4. The van der Waals surface area contributed by atoms with E-state index in [1.807, 2.05) is 13.8 Å². The van der Waals surface area contributed by atoms with Gasteiger partial charge in [-0.15, -0.1) is 0 Å². The lowest BCUT2D eigenvalue weighted by Crippen LogP contribution is -2.34. The number of rotatable bonds is 7. The number of nitrogens with one attached hydrogen (secondary N) is 2. The summed E-state index contributed by atoms with van der Waals surface area (Å²) in [5.74, 6) is -1.18. The second-order valence-electron chi connectivity index (χ2n) is 4.35. The third-order valence-corrected chi connectivity index (χ3v) is 3.88. The van der Waals surface area contributed by atoms with Gasteiger partial charge < -0.3 is 5.32 Å². The van der Waals surface area contributed by atoms with Crippen molar-refractivity contribution in [3.8, 4) is 0 Å². The highest BCUT2D eigenvalue weighted by atomic mass is 32.2. The first kappa shape index (κ1) is 16.5. The summed E-state index contributed by atoms with van der Waals surface area (Å²) in [5.41, 5.74) is -1.04. The third kappa shape index (κ3) is 4.22. The van der Waals surface area contributed by atoms with Gasteiger partial charge >= 0.3 is 5.69 Å². The fourth-order valence-electron chi connectivity index (χ4n) is 1.51.